The van der Waals surface area contributed by atoms with E-state index in [0.717, 1.165) is 25.5 Å². The summed E-state index contributed by atoms with van der Waals surface area (Å²) in [6.45, 7) is 10.5. The van der Waals surface area contributed by atoms with Crippen molar-refractivity contribution in [2.45, 2.75) is 51.7 Å². The van der Waals surface area contributed by atoms with Gasteiger partial charge in [-0.2, -0.15) is 0 Å². The first-order valence-electron chi connectivity index (χ1n) is 7.59. The predicted octanol–water partition coefficient (Wildman–Crippen LogP) is 1.65. The normalized spacial score (nSPS) is 21.8. The summed E-state index contributed by atoms with van der Waals surface area (Å²) in [6, 6.07) is 0. The molecule has 0 atom stereocenters. The van der Waals surface area contributed by atoms with E-state index in [1.165, 1.54) is 12.8 Å². The number of nitrogens with one attached hydrogen (secondary N) is 1. The second-order valence-electron chi connectivity index (χ2n) is 5.94. The van der Waals surface area contributed by atoms with Crippen molar-refractivity contribution < 1.29 is 8.42 Å². The molecule has 0 radical (unpaired) electrons. The highest BCUT2D eigenvalue weighted by atomic mass is 32.2. The molecule has 0 aromatic rings. The molecule has 1 fully saturated rings. The number of guanidine groups is 1. The maximum Gasteiger partial charge on any atom is 0.193 e. The van der Waals surface area contributed by atoms with Gasteiger partial charge in [-0.05, 0) is 27.2 Å². The van der Waals surface area contributed by atoms with Crippen molar-refractivity contribution in [2.75, 3.05) is 31.9 Å². The average Bonchev–Trinajstić information content (AvgIpc) is 2.37. The summed E-state index contributed by atoms with van der Waals surface area (Å²) in [7, 11) is -3.00. The first-order valence-corrected chi connectivity index (χ1v) is 9.25. The maximum atomic E-state index is 12.0. The van der Waals surface area contributed by atoms with Crippen LogP contribution < -0.4 is 5.32 Å². The predicted molar refractivity (Wildman–Crippen MR) is 84.9 cm³/mol. The minimum atomic E-state index is -3.00. The van der Waals surface area contributed by atoms with Crippen LogP contribution in [0.3, 0.4) is 0 Å². The fourth-order valence-corrected chi connectivity index (χ4v) is 3.66. The largest absolute Gasteiger partial charge is 0.357 e. The molecule has 1 aliphatic heterocycles. The Morgan fingerprint density at radius 2 is 2.00 bits per heavy atom. The van der Waals surface area contributed by atoms with Gasteiger partial charge in [-0.25, -0.2) is 8.42 Å². The topological polar surface area (TPSA) is 61.8 Å². The third-order valence-electron chi connectivity index (χ3n) is 3.70. The molecule has 0 bridgehead atoms. The van der Waals surface area contributed by atoms with Crippen molar-refractivity contribution in [3.63, 3.8) is 0 Å². The molecule has 0 aromatic heterocycles. The summed E-state index contributed by atoms with van der Waals surface area (Å²) in [5.74, 6) is 1.06. The van der Waals surface area contributed by atoms with Gasteiger partial charge in [0.2, 0.25) is 0 Å². The Morgan fingerprint density at radius 1 is 1.30 bits per heavy atom. The molecule has 0 amide bonds. The van der Waals surface area contributed by atoms with Crippen LogP contribution in [0.5, 0.6) is 0 Å². The van der Waals surface area contributed by atoms with E-state index in [9.17, 15) is 8.42 Å². The monoisotopic (exact) mass is 303 g/mol. The third kappa shape index (κ3) is 4.36. The Bertz CT molecular complexity index is 430. The quantitative estimate of drug-likeness (QED) is 0.476. The van der Waals surface area contributed by atoms with Gasteiger partial charge in [0, 0.05) is 26.2 Å². The number of nitrogens with zero attached hydrogens (tertiary/aromatic N) is 2. The first kappa shape index (κ1) is 17.3. The van der Waals surface area contributed by atoms with Crippen LogP contribution in [0, 0.1) is 0 Å². The fraction of sp³-hybridized carbons (Fsp3) is 0.929. The smallest absolute Gasteiger partial charge is 0.193 e. The molecule has 118 valence electrons. The van der Waals surface area contributed by atoms with Crippen LogP contribution in [0.15, 0.2) is 4.99 Å². The lowest BCUT2D eigenvalue weighted by Crippen LogP contribution is -2.57. The molecular formula is C14H29N3O2S. The van der Waals surface area contributed by atoms with Crippen molar-refractivity contribution in [3.05, 3.63) is 0 Å². The zero-order chi connectivity index (χ0) is 15.2. The molecule has 0 saturated carbocycles. The van der Waals surface area contributed by atoms with Crippen LogP contribution in [0.2, 0.25) is 0 Å². The zero-order valence-corrected chi connectivity index (χ0v) is 14.1. The second kappa shape index (κ2) is 7.29. The number of aliphatic imine (C=N–C) groups is 1. The Balaban J connectivity index is 2.73. The van der Waals surface area contributed by atoms with E-state index in [4.69, 9.17) is 0 Å². The second-order valence-corrected chi connectivity index (χ2v) is 8.69. The molecular weight excluding hydrogens is 274 g/mol. The van der Waals surface area contributed by atoms with Crippen LogP contribution >= 0.6 is 0 Å². The van der Waals surface area contributed by atoms with Gasteiger partial charge in [-0.3, -0.25) is 4.99 Å². The lowest BCUT2D eigenvalue weighted by molar-refractivity contribution is 0.353. The lowest BCUT2D eigenvalue weighted by atomic mass is 10.2. The summed E-state index contributed by atoms with van der Waals surface area (Å²) < 4.78 is 23.4. The van der Waals surface area contributed by atoms with Crippen LogP contribution in [0.1, 0.15) is 47.0 Å². The van der Waals surface area contributed by atoms with Gasteiger partial charge in [0.15, 0.2) is 15.8 Å². The van der Waals surface area contributed by atoms with E-state index >= 15 is 0 Å². The minimum Gasteiger partial charge on any atom is -0.357 e. The van der Waals surface area contributed by atoms with Crippen molar-refractivity contribution >= 4 is 15.8 Å². The van der Waals surface area contributed by atoms with Crippen molar-refractivity contribution in [2.24, 2.45) is 4.99 Å². The molecule has 20 heavy (non-hydrogen) atoms. The Hall–Kier alpha value is -0.780. The summed E-state index contributed by atoms with van der Waals surface area (Å²) >= 11 is 0. The van der Waals surface area contributed by atoms with E-state index in [2.05, 4.69) is 22.1 Å². The van der Waals surface area contributed by atoms with Crippen LogP contribution in [0.25, 0.3) is 0 Å². The highest BCUT2D eigenvalue weighted by Gasteiger charge is 2.40. The number of unbranched alkanes of at least 4 members (excludes halogenated alkanes) is 2. The van der Waals surface area contributed by atoms with Crippen LogP contribution in [0.4, 0.5) is 0 Å². The van der Waals surface area contributed by atoms with Gasteiger partial charge in [0.05, 0.1) is 10.5 Å². The summed E-state index contributed by atoms with van der Waals surface area (Å²) in [4.78, 5) is 6.70. The zero-order valence-electron chi connectivity index (χ0n) is 13.3. The third-order valence-corrected chi connectivity index (χ3v) is 6.23. The van der Waals surface area contributed by atoms with Crippen LogP contribution in [-0.4, -0.2) is 56.0 Å². The summed E-state index contributed by atoms with van der Waals surface area (Å²) in [5, 5.41) is 3.28. The molecule has 1 N–H and O–H groups in total. The van der Waals surface area contributed by atoms with E-state index in [1.54, 1.807) is 13.8 Å². The molecule has 0 aromatic carbocycles. The molecule has 1 rings (SSSR count). The highest BCUT2D eigenvalue weighted by Crippen LogP contribution is 2.23. The van der Waals surface area contributed by atoms with Gasteiger partial charge in [0.25, 0.3) is 0 Å². The van der Waals surface area contributed by atoms with Gasteiger partial charge >= 0.3 is 0 Å². The highest BCUT2D eigenvalue weighted by molar-refractivity contribution is 7.92. The molecule has 0 spiro atoms. The molecule has 5 nitrogen and oxygen atoms in total. The standard InChI is InChI=1S/C14H29N3O2S/c1-5-7-8-9-16-13(15-6-2)17-10-11-20(18,19)14(3,4)12-17/h5-12H2,1-4H3,(H,15,16). The Morgan fingerprint density at radius 3 is 2.55 bits per heavy atom. The van der Waals surface area contributed by atoms with Crippen LogP contribution in [-0.2, 0) is 9.84 Å². The molecule has 0 unspecified atom stereocenters. The van der Waals surface area contributed by atoms with Crippen molar-refractivity contribution in [3.8, 4) is 0 Å². The van der Waals surface area contributed by atoms with Gasteiger partial charge in [0.1, 0.15) is 0 Å². The fourth-order valence-electron chi connectivity index (χ4n) is 2.30. The summed E-state index contributed by atoms with van der Waals surface area (Å²) in [5.41, 5.74) is 0. The number of hydrogen-bond acceptors (Lipinski definition) is 3. The minimum absolute atomic E-state index is 0.208. The Labute approximate surface area is 123 Å². The lowest BCUT2D eigenvalue weighted by Gasteiger charge is -2.39. The molecule has 1 heterocycles. The average molecular weight is 303 g/mol. The van der Waals surface area contributed by atoms with Gasteiger partial charge in [-0.15, -0.1) is 0 Å². The van der Waals surface area contributed by atoms with Crippen molar-refractivity contribution in [1.29, 1.82) is 0 Å². The van der Waals surface area contributed by atoms with Crippen molar-refractivity contribution in [1.82, 2.24) is 10.2 Å². The molecule has 0 aliphatic carbocycles. The maximum absolute atomic E-state index is 12.0. The van der Waals surface area contributed by atoms with E-state index in [-0.39, 0.29) is 5.75 Å². The Kier molecular flexibility index (Phi) is 6.30. The molecule has 1 aliphatic rings. The summed E-state index contributed by atoms with van der Waals surface area (Å²) in [6.07, 6.45) is 3.45. The van der Waals surface area contributed by atoms with Gasteiger partial charge < -0.3 is 10.2 Å². The molecule has 6 heteroatoms. The van der Waals surface area contributed by atoms with Gasteiger partial charge in [-0.1, -0.05) is 19.8 Å². The SMILES string of the molecule is CCCCCN=C(NCC)N1CCS(=O)(=O)C(C)(C)C1. The number of rotatable bonds is 5. The van der Waals surface area contributed by atoms with E-state index < -0.39 is 14.6 Å². The van der Waals surface area contributed by atoms with E-state index in [1.807, 2.05) is 6.92 Å². The first-order chi connectivity index (χ1) is 9.34. The number of hydrogen-bond donors (Lipinski definition) is 1. The van der Waals surface area contributed by atoms with E-state index in [0.29, 0.717) is 13.1 Å². The number of sulfone groups is 1. The molecule has 1 saturated heterocycles.